The Hall–Kier alpha value is -1.81. The molecule has 0 saturated carbocycles. The minimum atomic E-state index is -1.08. The van der Waals surface area contributed by atoms with Gasteiger partial charge >= 0.3 is 5.97 Å². The first kappa shape index (κ1) is 13.3. The van der Waals surface area contributed by atoms with Crippen LogP contribution in [0.1, 0.15) is 12.5 Å². The van der Waals surface area contributed by atoms with E-state index in [1.807, 2.05) is 37.3 Å². The van der Waals surface area contributed by atoms with E-state index >= 15 is 0 Å². The largest absolute Gasteiger partial charge is 0.484 e. The van der Waals surface area contributed by atoms with E-state index in [1.165, 1.54) is 6.08 Å². The summed E-state index contributed by atoms with van der Waals surface area (Å²) in [6, 6.07) is 9.18. The van der Waals surface area contributed by atoms with Gasteiger partial charge in [-0.05, 0) is 18.6 Å². The van der Waals surface area contributed by atoms with Gasteiger partial charge in [-0.25, -0.2) is 4.79 Å². The molecule has 0 bridgehead atoms. The number of carboxylic acid groups (broad SMARTS) is 1. The second kappa shape index (κ2) is 7.46. The van der Waals surface area contributed by atoms with Crippen LogP contribution < -0.4 is 0 Å². The monoisotopic (exact) mass is 236 g/mol. The van der Waals surface area contributed by atoms with E-state index in [1.54, 1.807) is 0 Å². The summed E-state index contributed by atoms with van der Waals surface area (Å²) in [5, 5.41) is 8.96. The Morgan fingerprint density at radius 1 is 1.29 bits per heavy atom. The maximum absolute atomic E-state index is 10.9. The molecule has 1 aromatic carbocycles. The van der Waals surface area contributed by atoms with Gasteiger partial charge in [0.05, 0.1) is 6.61 Å². The van der Waals surface area contributed by atoms with Gasteiger partial charge in [-0.15, -0.1) is 0 Å². The van der Waals surface area contributed by atoms with Gasteiger partial charge < -0.3 is 14.6 Å². The van der Waals surface area contributed by atoms with Crippen molar-refractivity contribution in [3.63, 3.8) is 0 Å². The first-order valence-corrected chi connectivity index (χ1v) is 5.44. The molecule has 0 amide bonds. The van der Waals surface area contributed by atoms with Crippen LogP contribution >= 0.6 is 0 Å². The SMILES string of the molecule is CCOCCOC(=Cc1ccccc1)C(=O)O. The number of aliphatic carboxylic acids is 1. The summed E-state index contributed by atoms with van der Waals surface area (Å²) in [6.07, 6.45) is 1.49. The summed E-state index contributed by atoms with van der Waals surface area (Å²) in [7, 11) is 0. The molecule has 0 radical (unpaired) electrons. The molecule has 0 atom stereocenters. The third-order valence-corrected chi connectivity index (χ3v) is 2.00. The molecule has 0 saturated heterocycles. The molecule has 0 unspecified atom stereocenters. The number of hydrogen-bond donors (Lipinski definition) is 1. The Bertz CT molecular complexity index is 370. The lowest BCUT2D eigenvalue weighted by Crippen LogP contribution is -2.09. The molecule has 1 N–H and O–H groups in total. The number of ether oxygens (including phenoxy) is 2. The summed E-state index contributed by atoms with van der Waals surface area (Å²) in [6.45, 7) is 3.08. The molecule has 0 aliphatic rings. The predicted octanol–water partition coefficient (Wildman–Crippen LogP) is 2.17. The molecule has 92 valence electrons. The molecular formula is C13H16O4. The highest BCUT2D eigenvalue weighted by atomic mass is 16.5. The molecule has 1 rings (SSSR count). The van der Waals surface area contributed by atoms with Gasteiger partial charge in [0.1, 0.15) is 6.61 Å². The van der Waals surface area contributed by atoms with Gasteiger partial charge in [-0.2, -0.15) is 0 Å². The van der Waals surface area contributed by atoms with Crippen molar-refractivity contribution in [3.8, 4) is 0 Å². The van der Waals surface area contributed by atoms with Crippen molar-refractivity contribution in [2.45, 2.75) is 6.92 Å². The second-order valence-electron chi connectivity index (χ2n) is 3.27. The highest BCUT2D eigenvalue weighted by Crippen LogP contribution is 2.08. The van der Waals surface area contributed by atoms with Crippen LogP contribution in [0, 0.1) is 0 Å². The summed E-state index contributed by atoms with van der Waals surface area (Å²) < 4.78 is 10.2. The maximum Gasteiger partial charge on any atom is 0.371 e. The predicted molar refractivity (Wildman–Crippen MR) is 64.5 cm³/mol. The van der Waals surface area contributed by atoms with E-state index < -0.39 is 5.97 Å². The van der Waals surface area contributed by atoms with E-state index in [0.717, 1.165) is 5.56 Å². The summed E-state index contributed by atoms with van der Waals surface area (Å²) >= 11 is 0. The summed E-state index contributed by atoms with van der Waals surface area (Å²) in [5.74, 6) is -1.15. The molecule has 4 nitrogen and oxygen atoms in total. The Balaban J connectivity index is 2.60. The molecule has 0 aliphatic carbocycles. The second-order valence-corrected chi connectivity index (χ2v) is 3.27. The van der Waals surface area contributed by atoms with Gasteiger partial charge in [-0.1, -0.05) is 30.3 Å². The van der Waals surface area contributed by atoms with Crippen LogP contribution in [-0.2, 0) is 14.3 Å². The minimum absolute atomic E-state index is 0.0732. The zero-order valence-electron chi connectivity index (χ0n) is 9.76. The molecule has 0 fully saturated rings. The Morgan fingerprint density at radius 3 is 2.59 bits per heavy atom. The van der Waals surface area contributed by atoms with Crippen molar-refractivity contribution in [1.82, 2.24) is 0 Å². The third-order valence-electron chi connectivity index (χ3n) is 2.00. The van der Waals surface area contributed by atoms with Crippen LogP contribution in [0.4, 0.5) is 0 Å². The van der Waals surface area contributed by atoms with Crippen LogP contribution in [0.25, 0.3) is 6.08 Å². The Morgan fingerprint density at radius 2 is 2.00 bits per heavy atom. The standard InChI is InChI=1S/C13H16O4/c1-2-16-8-9-17-12(13(14)15)10-11-6-4-3-5-7-11/h3-7,10H,2,8-9H2,1H3,(H,14,15). The average Bonchev–Trinajstić information content (AvgIpc) is 2.34. The van der Waals surface area contributed by atoms with Crippen molar-refractivity contribution < 1.29 is 19.4 Å². The summed E-state index contributed by atoms with van der Waals surface area (Å²) in [4.78, 5) is 10.9. The fraction of sp³-hybridized carbons (Fsp3) is 0.308. The Kier molecular flexibility index (Phi) is 5.82. The van der Waals surface area contributed by atoms with Crippen LogP contribution in [0.15, 0.2) is 36.1 Å². The first-order valence-electron chi connectivity index (χ1n) is 5.44. The quantitative estimate of drug-likeness (QED) is 0.448. The number of benzene rings is 1. The lowest BCUT2D eigenvalue weighted by Gasteiger charge is -2.06. The summed E-state index contributed by atoms with van der Waals surface area (Å²) in [5.41, 5.74) is 0.793. The number of carboxylic acids is 1. The lowest BCUT2D eigenvalue weighted by molar-refractivity contribution is -0.136. The van der Waals surface area contributed by atoms with Crippen molar-refractivity contribution >= 4 is 12.0 Å². The van der Waals surface area contributed by atoms with Crippen molar-refractivity contribution in [3.05, 3.63) is 41.7 Å². The third kappa shape index (κ3) is 5.17. The normalized spacial score (nSPS) is 11.2. The zero-order valence-corrected chi connectivity index (χ0v) is 9.76. The average molecular weight is 236 g/mol. The van der Waals surface area contributed by atoms with Crippen molar-refractivity contribution in [1.29, 1.82) is 0 Å². The number of carbonyl (C=O) groups is 1. The molecule has 17 heavy (non-hydrogen) atoms. The minimum Gasteiger partial charge on any atom is -0.484 e. The van der Waals surface area contributed by atoms with E-state index in [2.05, 4.69) is 0 Å². The van der Waals surface area contributed by atoms with Crippen LogP contribution in [0.5, 0.6) is 0 Å². The highest BCUT2D eigenvalue weighted by Gasteiger charge is 2.08. The van der Waals surface area contributed by atoms with E-state index in [9.17, 15) is 4.79 Å². The molecular weight excluding hydrogens is 220 g/mol. The van der Waals surface area contributed by atoms with Gasteiger partial charge in [0.15, 0.2) is 0 Å². The topological polar surface area (TPSA) is 55.8 Å². The first-order chi connectivity index (χ1) is 8.24. The highest BCUT2D eigenvalue weighted by molar-refractivity contribution is 5.89. The van der Waals surface area contributed by atoms with Crippen LogP contribution in [-0.4, -0.2) is 30.9 Å². The molecule has 0 aromatic heterocycles. The lowest BCUT2D eigenvalue weighted by atomic mass is 10.2. The number of hydrogen-bond acceptors (Lipinski definition) is 3. The van der Waals surface area contributed by atoms with Crippen LogP contribution in [0.2, 0.25) is 0 Å². The van der Waals surface area contributed by atoms with Gasteiger partial charge in [0.25, 0.3) is 0 Å². The Labute approximate surface area is 100 Å². The molecule has 1 aromatic rings. The fourth-order valence-electron chi connectivity index (χ4n) is 1.22. The molecule has 0 aliphatic heterocycles. The number of rotatable bonds is 7. The van der Waals surface area contributed by atoms with Crippen molar-refractivity contribution in [2.75, 3.05) is 19.8 Å². The molecule has 4 heteroatoms. The van der Waals surface area contributed by atoms with E-state index in [4.69, 9.17) is 14.6 Å². The molecule has 0 heterocycles. The van der Waals surface area contributed by atoms with E-state index in [0.29, 0.717) is 13.2 Å². The van der Waals surface area contributed by atoms with E-state index in [-0.39, 0.29) is 12.4 Å². The maximum atomic E-state index is 10.9. The van der Waals surface area contributed by atoms with Gasteiger partial charge in [0.2, 0.25) is 5.76 Å². The van der Waals surface area contributed by atoms with Crippen molar-refractivity contribution in [2.24, 2.45) is 0 Å². The van der Waals surface area contributed by atoms with Gasteiger partial charge in [0, 0.05) is 6.61 Å². The molecule has 0 spiro atoms. The fourth-order valence-corrected chi connectivity index (χ4v) is 1.22. The van der Waals surface area contributed by atoms with Gasteiger partial charge in [-0.3, -0.25) is 0 Å². The zero-order chi connectivity index (χ0) is 12.5. The smallest absolute Gasteiger partial charge is 0.371 e. The van der Waals surface area contributed by atoms with Crippen LogP contribution in [0.3, 0.4) is 0 Å².